The van der Waals surface area contributed by atoms with Crippen molar-refractivity contribution in [2.45, 2.75) is 13.8 Å². The number of aromatic nitrogens is 1. The number of nitrogens with zero attached hydrogens (tertiary/aromatic N) is 1. The number of halogens is 1. The van der Waals surface area contributed by atoms with E-state index in [1.807, 2.05) is 31.2 Å². The lowest BCUT2D eigenvalue weighted by molar-refractivity contribution is 0.641. The van der Waals surface area contributed by atoms with E-state index >= 15 is 0 Å². The minimum absolute atomic E-state index is 0.185. The van der Waals surface area contributed by atoms with Crippen LogP contribution in [0.5, 0.6) is 0 Å². The maximum absolute atomic E-state index is 14.3. The molecule has 1 nitrogen and oxygen atoms in total. The second-order valence-electron chi connectivity index (χ2n) is 5.56. The molecule has 2 heteroatoms. The summed E-state index contributed by atoms with van der Waals surface area (Å²) in [5, 5.41) is 3.49. The summed E-state index contributed by atoms with van der Waals surface area (Å²) in [5.74, 6) is -0.185. The van der Waals surface area contributed by atoms with Gasteiger partial charge in [0.2, 0.25) is 0 Å². The minimum atomic E-state index is -0.185. The first kappa shape index (κ1) is 12.3. The molecular formula is C19H14FN. The van der Waals surface area contributed by atoms with Gasteiger partial charge >= 0.3 is 0 Å². The van der Waals surface area contributed by atoms with Crippen LogP contribution in [0.25, 0.3) is 32.6 Å². The fourth-order valence-corrected chi connectivity index (χ4v) is 3.04. The Bertz CT molecular complexity index is 1020. The highest BCUT2D eigenvalue weighted by Gasteiger charge is 2.11. The maximum Gasteiger partial charge on any atom is 0.131 e. The number of fused-ring (bicyclic) bond motifs is 4. The van der Waals surface area contributed by atoms with Crippen LogP contribution in [0, 0.1) is 19.7 Å². The first-order valence-corrected chi connectivity index (χ1v) is 7.03. The molecule has 0 unspecified atom stereocenters. The molecule has 4 aromatic rings. The van der Waals surface area contributed by atoms with Crippen LogP contribution >= 0.6 is 0 Å². The van der Waals surface area contributed by atoms with Crippen LogP contribution < -0.4 is 0 Å². The van der Waals surface area contributed by atoms with Gasteiger partial charge in [-0.1, -0.05) is 35.9 Å². The molecule has 0 bridgehead atoms. The smallest absolute Gasteiger partial charge is 0.131 e. The summed E-state index contributed by atoms with van der Waals surface area (Å²) in [4.78, 5) is 4.78. The molecule has 1 heterocycles. The molecule has 4 rings (SSSR count). The van der Waals surface area contributed by atoms with E-state index in [9.17, 15) is 4.39 Å². The molecule has 0 saturated heterocycles. The highest BCUT2D eigenvalue weighted by Crippen LogP contribution is 2.32. The first-order chi connectivity index (χ1) is 10.1. The Hall–Kier alpha value is -2.48. The van der Waals surface area contributed by atoms with Crippen molar-refractivity contribution in [2.75, 3.05) is 0 Å². The summed E-state index contributed by atoms with van der Waals surface area (Å²) < 4.78 is 14.3. The zero-order valence-electron chi connectivity index (χ0n) is 11.9. The van der Waals surface area contributed by atoms with Gasteiger partial charge in [-0.3, -0.25) is 0 Å². The average Bonchev–Trinajstić information content (AvgIpc) is 2.50. The van der Waals surface area contributed by atoms with E-state index in [-0.39, 0.29) is 5.82 Å². The van der Waals surface area contributed by atoms with Crippen molar-refractivity contribution < 1.29 is 4.39 Å². The van der Waals surface area contributed by atoms with Crippen LogP contribution in [0.2, 0.25) is 0 Å². The largest absolute Gasteiger partial charge is 0.247 e. The van der Waals surface area contributed by atoms with Crippen LogP contribution in [-0.2, 0) is 0 Å². The van der Waals surface area contributed by atoms with Gasteiger partial charge in [-0.15, -0.1) is 0 Å². The van der Waals surface area contributed by atoms with Gasteiger partial charge in [0.15, 0.2) is 0 Å². The number of pyridine rings is 1. The van der Waals surface area contributed by atoms with Gasteiger partial charge in [-0.05, 0) is 37.6 Å². The molecule has 0 spiro atoms. The van der Waals surface area contributed by atoms with E-state index in [0.29, 0.717) is 5.39 Å². The maximum atomic E-state index is 14.3. The predicted octanol–water partition coefficient (Wildman–Crippen LogP) is 5.30. The second kappa shape index (κ2) is 4.26. The van der Waals surface area contributed by atoms with E-state index in [1.165, 1.54) is 5.56 Å². The highest BCUT2D eigenvalue weighted by molar-refractivity contribution is 6.10. The molecule has 1 aromatic heterocycles. The van der Waals surface area contributed by atoms with Gasteiger partial charge in [0, 0.05) is 21.5 Å². The van der Waals surface area contributed by atoms with Crippen LogP contribution in [0.4, 0.5) is 4.39 Å². The second-order valence-corrected chi connectivity index (χ2v) is 5.56. The van der Waals surface area contributed by atoms with E-state index < -0.39 is 0 Å². The normalized spacial score (nSPS) is 11.6. The Balaban J connectivity index is 2.31. The van der Waals surface area contributed by atoms with Gasteiger partial charge in [-0.25, -0.2) is 9.37 Å². The fraction of sp³-hybridized carbons (Fsp3) is 0.105. The lowest BCUT2D eigenvalue weighted by atomic mass is 9.98. The van der Waals surface area contributed by atoms with Crippen molar-refractivity contribution >= 4 is 32.6 Å². The zero-order chi connectivity index (χ0) is 14.6. The summed E-state index contributed by atoms with van der Waals surface area (Å²) in [6.45, 7) is 4.10. The van der Waals surface area contributed by atoms with Crippen LogP contribution in [0.3, 0.4) is 0 Å². The quantitative estimate of drug-likeness (QED) is 0.313. The number of rotatable bonds is 0. The summed E-state index contributed by atoms with van der Waals surface area (Å²) >= 11 is 0. The molecule has 0 aliphatic heterocycles. The Morgan fingerprint density at radius 3 is 2.38 bits per heavy atom. The van der Waals surface area contributed by atoms with Gasteiger partial charge in [0.1, 0.15) is 5.82 Å². The number of hydrogen-bond acceptors (Lipinski definition) is 1. The Kier molecular flexibility index (Phi) is 2.49. The third kappa shape index (κ3) is 1.72. The molecule has 0 fully saturated rings. The highest BCUT2D eigenvalue weighted by atomic mass is 19.1. The third-order valence-electron chi connectivity index (χ3n) is 4.16. The lowest BCUT2D eigenvalue weighted by Gasteiger charge is -2.10. The topological polar surface area (TPSA) is 12.9 Å². The monoisotopic (exact) mass is 275 g/mol. The molecular weight excluding hydrogens is 261 g/mol. The van der Waals surface area contributed by atoms with Crippen molar-refractivity contribution in [1.82, 2.24) is 4.98 Å². The number of hydrogen-bond donors (Lipinski definition) is 0. The van der Waals surface area contributed by atoms with Crippen molar-refractivity contribution in [3.63, 3.8) is 0 Å². The summed E-state index contributed by atoms with van der Waals surface area (Å²) in [6.07, 6.45) is 0. The van der Waals surface area contributed by atoms with Crippen LogP contribution in [0.15, 0.2) is 48.5 Å². The third-order valence-corrected chi connectivity index (χ3v) is 4.16. The minimum Gasteiger partial charge on any atom is -0.247 e. The molecule has 0 amide bonds. The summed E-state index contributed by atoms with van der Waals surface area (Å²) in [7, 11) is 0. The number of aryl methyl sites for hydroxylation is 2. The standard InChI is InChI=1S/C19H14FN/c1-11-7-8-18-15(9-11)12(2)16-10-17(20)13-5-3-4-6-14(13)19(16)21-18/h3-10H,1-2H3. The van der Waals surface area contributed by atoms with E-state index in [1.54, 1.807) is 12.1 Å². The van der Waals surface area contributed by atoms with Crippen molar-refractivity contribution in [3.8, 4) is 0 Å². The van der Waals surface area contributed by atoms with Crippen LogP contribution in [-0.4, -0.2) is 4.98 Å². The van der Waals surface area contributed by atoms with E-state index in [2.05, 4.69) is 19.1 Å². The Morgan fingerprint density at radius 1 is 0.810 bits per heavy atom. The Labute approximate surface area is 122 Å². The molecule has 0 N–H and O–H groups in total. The first-order valence-electron chi connectivity index (χ1n) is 7.03. The van der Waals surface area contributed by atoms with Crippen molar-refractivity contribution in [1.29, 1.82) is 0 Å². The predicted molar refractivity (Wildman–Crippen MR) is 86.2 cm³/mol. The summed E-state index contributed by atoms with van der Waals surface area (Å²) in [5.41, 5.74) is 4.11. The Morgan fingerprint density at radius 2 is 1.57 bits per heavy atom. The summed E-state index contributed by atoms with van der Waals surface area (Å²) in [6, 6.07) is 15.4. The molecule has 3 aromatic carbocycles. The van der Waals surface area contributed by atoms with Gasteiger partial charge in [0.05, 0.1) is 11.0 Å². The van der Waals surface area contributed by atoms with Crippen LogP contribution in [0.1, 0.15) is 11.1 Å². The van der Waals surface area contributed by atoms with E-state index in [0.717, 1.165) is 32.8 Å². The van der Waals surface area contributed by atoms with Gasteiger partial charge in [-0.2, -0.15) is 0 Å². The zero-order valence-corrected chi connectivity index (χ0v) is 11.9. The molecule has 0 radical (unpaired) electrons. The number of benzene rings is 3. The van der Waals surface area contributed by atoms with Gasteiger partial charge < -0.3 is 0 Å². The average molecular weight is 275 g/mol. The molecule has 102 valence electrons. The molecule has 0 atom stereocenters. The fourth-order valence-electron chi connectivity index (χ4n) is 3.04. The molecule has 21 heavy (non-hydrogen) atoms. The SMILES string of the molecule is Cc1ccc2nc3c(cc(F)c4ccccc43)c(C)c2c1. The molecule has 0 saturated carbocycles. The van der Waals surface area contributed by atoms with E-state index in [4.69, 9.17) is 4.98 Å². The van der Waals surface area contributed by atoms with Crippen molar-refractivity contribution in [3.05, 3.63) is 65.5 Å². The lowest BCUT2D eigenvalue weighted by Crippen LogP contribution is -1.92. The van der Waals surface area contributed by atoms with Gasteiger partial charge in [0.25, 0.3) is 0 Å². The molecule has 0 aliphatic rings. The molecule has 0 aliphatic carbocycles. The van der Waals surface area contributed by atoms with Crippen molar-refractivity contribution in [2.24, 2.45) is 0 Å².